The van der Waals surface area contributed by atoms with Crippen molar-refractivity contribution < 1.29 is 28.4 Å². The topological polar surface area (TPSA) is 131 Å². The van der Waals surface area contributed by atoms with Crippen molar-refractivity contribution in [3.8, 4) is 5.75 Å². The lowest BCUT2D eigenvalue weighted by molar-refractivity contribution is -0.153. The number of rotatable bonds is 10. The molecule has 12 heteroatoms. The van der Waals surface area contributed by atoms with Crippen LogP contribution >= 0.6 is 23.5 Å². The van der Waals surface area contributed by atoms with Crippen LogP contribution in [0.3, 0.4) is 0 Å². The van der Waals surface area contributed by atoms with Crippen molar-refractivity contribution in [1.82, 2.24) is 15.4 Å². The Hall–Kier alpha value is -4.16. The fourth-order valence-corrected chi connectivity index (χ4v) is 6.19. The number of β-lactam (4-membered cyclic amide) rings is 1. The first-order valence-corrected chi connectivity index (χ1v) is 14.3. The molecule has 40 heavy (non-hydrogen) atoms. The predicted octanol–water partition coefficient (Wildman–Crippen LogP) is 3.18. The Balaban J connectivity index is 1.31. The number of esters is 1. The van der Waals surface area contributed by atoms with Crippen LogP contribution in [-0.2, 0) is 25.7 Å². The SMILES string of the molecule is COc1ccc(COC(=O)C2=C(/C=C/c3cc(=O)[nH]o3)CS[C@@H]3[C@H](NC(=O)CSc4ccccc4)C(=O)N23)cc1. The zero-order valence-corrected chi connectivity index (χ0v) is 23.0. The van der Waals surface area contributed by atoms with Crippen LogP contribution in [0.25, 0.3) is 6.08 Å². The summed E-state index contributed by atoms with van der Waals surface area (Å²) in [6.07, 6.45) is 3.16. The van der Waals surface area contributed by atoms with Crippen molar-refractivity contribution in [3.63, 3.8) is 0 Å². The molecule has 1 saturated heterocycles. The first-order valence-electron chi connectivity index (χ1n) is 12.2. The zero-order valence-electron chi connectivity index (χ0n) is 21.3. The molecule has 3 heterocycles. The fraction of sp³-hybridized carbons (Fsp3) is 0.214. The number of methoxy groups -OCH3 is 1. The van der Waals surface area contributed by atoms with E-state index in [2.05, 4.69) is 10.5 Å². The molecule has 3 aromatic rings. The molecule has 2 aliphatic rings. The molecule has 0 radical (unpaired) electrons. The number of fused-ring (bicyclic) bond motifs is 1. The standard InChI is InChI=1S/C28H25N3O7S2/c1-36-19-10-7-17(8-11-19)14-37-28(35)25-18(9-12-20-13-22(32)30-38-20)15-40-27-24(26(34)31(25)27)29-23(33)16-39-21-5-3-2-4-6-21/h2-13,24,27H,14-16H2,1H3,(H,29,33)(H,30,32)/b12-9+/t24-,27-/m1/s1. The Morgan fingerprint density at radius 3 is 2.62 bits per heavy atom. The Labute approximate surface area is 237 Å². The van der Waals surface area contributed by atoms with Crippen LogP contribution < -0.4 is 15.6 Å². The molecule has 2 N–H and O–H groups in total. The van der Waals surface area contributed by atoms with E-state index in [4.69, 9.17) is 14.0 Å². The number of nitrogens with one attached hydrogen (secondary N) is 2. The molecule has 5 rings (SSSR count). The number of nitrogens with zero attached hydrogens (tertiary/aromatic N) is 1. The molecule has 0 unspecified atom stereocenters. The number of hydrogen-bond acceptors (Lipinski definition) is 9. The van der Waals surface area contributed by atoms with E-state index in [1.165, 1.54) is 40.6 Å². The van der Waals surface area contributed by atoms with Gasteiger partial charge in [0.05, 0.1) is 18.9 Å². The summed E-state index contributed by atoms with van der Waals surface area (Å²) in [6, 6.07) is 17.1. The van der Waals surface area contributed by atoms with Gasteiger partial charge in [0.1, 0.15) is 29.5 Å². The highest BCUT2D eigenvalue weighted by Crippen LogP contribution is 2.41. The minimum absolute atomic E-state index is 0.00722. The number of benzene rings is 2. The second-order valence-corrected chi connectivity index (χ2v) is 11.0. The van der Waals surface area contributed by atoms with Crippen molar-refractivity contribution in [1.29, 1.82) is 0 Å². The molecule has 0 bridgehead atoms. The van der Waals surface area contributed by atoms with E-state index in [0.717, 1.165) is 10.5 Å². The lowest BCUT2D eigenvalue weighted by atomic mass is 10.0. The summed E-state index contributed by atoms with van der Waals surface area (Å²) in [5, 5.41) is 4.56. The van der Waals surface area contributed by atoms with Gasteiger partial charge in [-0.15, -0.1) is 23.5 Å². The predicted molar refractivity (Wildman–Crippen MR) is 150 cm³/mol. The van der Waals surface area contributed by atoms with E-state index < -0.39 is 28.9 Å². The van der Waals surface area contributed by atoms with Gasteiger partial charge in [-0.2, -0.15) is 5.16 Å². The highest BCUT2D eigenvalue weighted by molar-refractivity contribution is 8.00. The lowest BCUT2D eigenvalue weighted by Crippen LogP contribution is -2.70. The summed E-state index contributed by atoms with van der Waals surface area (Å²) < 4.78 is 15.8. The largest absolute Gasteiger partial charge is 0.497 e. The van der Waals surface area contributed by atoms with Gasteiger partial charge in [0.15, 0.2) is 5.76 Å². The van der Waals surface area contributed by atoms with Gasteiger partial charge >= 0.3 is 5.97 Å². The molecule has 2 aromatic carbocycles. The number of aromatic amines is 1. The molecule has 206 valence electrons. The summed E-state index contributed by atoms with van der Waals surface area (Å²) in [4.78, 5) is 52.9. The van der Waals surface area contributed by atoms with Gasteiger partial charge in [0.25, 0.3) is 11.5 Å². The molecule has 0 spiro atoms. The van der Waals surface area contributed by atoms with Crippen LogP contribution in [0.1, 0.15) is 11.3 Å². The smallest absolute Gasteiger partial charge is 0.355 e. The lowest BCUT2D eigenvalue weighted by Gasteiger charge is -2.49. The average Bonchev–Trinajstić information content (AvgIpc) is 3.41. The van der Waals surface area contributed by atoms with Gasteiger partial charge in [-0.3, -0.25) is 19.3 Å². The number of ether oxygens (including phenoxy) is 2. The molecule has 10 nitrogen and oxygen atoms in total. The van der Waals surface area contributed by atoms with Crippen molar-refractivity contribution in [2.45, 2.75) is 22.9 Å². The normalized spacial score (nSPS) is 18.3. The maximum atomic E-state index is 13.3. The number of carbonyl (C=O) groups is 3. The van der Waals surface area contributed by atoms with Crippen LogP contribution in [-0.4, -0.2) is 57.9 Å². The summed E-state index contributed by atoms with van der Waals surface area (Å²) in [5.74, 6) is 0.139. The molecule has 1 aromatic heterocycles. The van der Waals surface area contributed by atoms with Gasteiger partial charge < -0.3 is 19.3 Å². The van der Waals surface area contributed by atoms with Gasteiger partial charge in [0.2, 0.25) is 5.91 Å². The van der Waals surface area contributed by atoms with Crippen LogP contribution in [0, 0.1) is 0 Å². The molecule has 2 atom stereocenters. The number of H-pyrrole nitrogens is 1. The number of hydrogen-bond donors (Lipinski definition) is 2. The number of aromatic nitrogens is 1. The molecular weight excluding hydrogens is 554 g/mol. The maximum absolute atomic E-state index is 13.3. The zero-order chi connectivity index (χ0) is 28.1. The highest BCUT2D eigenvalue weighted by atomic mass is 32.2. The molecule has 2 amide bonds. The third-order valence-corrected chi connectivity index (χ3v) is 8.46. The van der Waals surface area contributed by atoms with E-state index in [1.54, 1.807) is 37.5 Å². The molecule has 1 fully saturated rings. The maximum Gasteiger partial charge on any atom is 0.355 e. The number of thioether (sulfide) groups is 2. The third-order valence-electron chi connectivity index (χ3n) is 6.14. The number of allylic oxidation sites excluding steroid dienone is 1. The van der Waals surface area contributed by atoms with E-state index in [-0.39, 0.29) is 29.7 Å². The van der Waals surface area contributed by atoms with Gasteiger partial charge in [-0.05, 0) is 41.5 Å². The van der Waals surface area contributed by atoms with Crippen molar-refractivity contribution in [2.24, 2.45) is 0 Å². The van der Waals surface area contributed by atoms with Gasteiger partial charge in [0, 0.05) is 10.6 Å². The second-order valence-electron chi connectivity index (χ2n) is 8.80. The first kappa shape index (κ1) is 27.4. The Morgan fingerprint density at radius 1 is 1.15 bits per heavy atom. The summed E-state index contributed by atoms with van der Waals surface area (Å²) in [5.41, 5.74) is 0.981. The highest BCUT2D eigenvalue weighted by Gasteiger charge is 2.54. The molecule has 0 saturated carbocycles. The van der Waals surface area contributed by atoms with Crippen LogP contribution in [0.5, 0.6) is 5.75 Å². The summed E-state index contributed by atoms with van der Waals surface area (Å²) in [7, 11) is 1.56. The monoisotopic (exact) mass is 579 g/mol. The molecule has 2 aliphatic heterocycles. The van der Waals surface area contributed by atoms with E-state index >= 15 is 0 Å². The number of carbonyl (C=O) groups excluding carboxylic acids is 3. The Kier molecular flexibility index (Phi) is 8.46. The minimum Gasteiger partial charge on any atom is -0.497 e. The van der Waals surface area contributed by atoms with E-state index in [9.17, 15) is 19.2 Å². The minimum atomic E-state index is -0.758. The fourth-order valence-electron chi connectivity index (χ4n) is 4.14. The second kappa shape index (κ2) is 12.3. The van der Waals surface area contributed by atoms with E-state index in [1.807, 2.05) is 30.3 Å². The van der Waals surface area contributed by atoms with E-state index in [0.29, 0.717) is 17.1 Å². The summed E-state index contributed by atoms with van der Waals surface area (Å²) in [6.45, 7) is -0.00722. The molecular formula is C28H25N3O7S2. The van der Waals surface area contributed by atoms with Crippen molar-refractivity contribution in [3.05, 3.63) is 99.7 Å². The van der Waals surface area contributed by atoms with Crippen LogP contribution in [0.15, 0.2) is 92.2 Å². The Morgan fingerprint density at radius 2 is 1.93 bits per heavy atom. The van der Waals surface area contributed by atoms with Gasteiger partial charge in [-0.1, -0.05) is 36.4 Å². The Bertz CT molecular complexity index is 1510. The summed E-state index contributed by atoms with van der Waals surface area (Å²) >= 11 is 2.80. The van der Waals surface area contributed by atoms with Crippen molar-refractivity contribution >= 4 is 47.4 Å². The average molecular weight is 580 g/mol. The van der Waals surface area contributed by atoms with Crippen LogP contribution in [0.4, 0.5) is 0 Å². The molecule has 0 aliphatic carbocycles. The van der Waals surface area contributed by atoms with Crippen LogP contribution in [0.2, 0.25) is 0 Å². The van der Waals surface area contributed by atoms with Gasteiger partial charge in [-0.25, -0.2) is 4.79 Å². The van der Waals surface area contributed by atoms with Crippen molar-refractivity contribution in [2.75, 3.05) is 18.6 Å². The number of amides is 2. The quantitative estimate of drug-likeness (QED) is 0.211. The first-order chi connectivity index (χ1) is 19.4. The third kappa shape index (κ3) is 6.18.